The predicted molar refractivity (Wildman–Crippen MR) is 98.0 cm³/mol. The molecule has 3 rings (SSSR count). The van der Waals surface area contributed by atoms with E-state index in [1.165, 1.54) is 6.07 Å². The monoisotopic (exact) mass is 396 g/mol. The van der Waals surface area contributed by atoms with Crippen LogP contribution in [-0.2, 0) is 0 Å². The summed E-state index contributed by atoms with van der Waals surface area (Å²) in [5, 5.41) is 14.4. The molecule has 2 N–H and O–H groups in total. The number of phenols is 1. The van der Waals surface area contributed by atoms with Crippen molar-refractivity contribution in [1.82, 2.24) is 10.2 Å². The Morgan fingerprint density at radius 3 is 2.20 bits per heavy atom. The molecule has 1 aliphatic heterocycles. The molecule has 1 atom stereocenters. The highest BCUT2D eigenvalue weighted by Crippen LogP contribution is 2.39. The lowest BCUT2D eigenvalue weighted by Crippen LogP contribution is -2.46. The van der Waals surface area contributed by atoms with Crippen molar-refractivity contribution in [2.45, 2.75) is 18.6 Å². The summed E-state index contributed by atoms with van der Waals surface area (Å²) in [4.78, 5) is 1.88. The van der Waals surface area contributed by atoms with Crippen molar-refractivity contribution in [3.8, 4) is 5.75 Å². The first kappa shape index (κ1) is 21.8. The van der Waals surface area contributed by atoms with E-state index in [-0.39, 0.29) is 30.6 Å². The van der Waals surface area contributed by atoms with Gasteiger partial charge >= 0.3 is 6.18 Å². The molecule has 0 aromatic heterocycles. The largest absolute Gasteiger partial charge is 0.507 e. The second-order valence-corrected chi connectivity index (χ2v) is 5.84. The lowest BCUT2D eigenvalue weighted by atomic mass is 9.94. The van der Waals surface area contributed by atoms with E-state index in [0.29, 0.717) is 42.5 Å². The zero-order valence-corrected chi connectivity index (χ0v) is 15.1. The van der Waals surface area contributed by atoms with Gasteiger partial charge in [0.25, 0.3) is 0 Å². The third-order valence-electron chi connectivity index (χ3n) is 4.31. The Kier molecular flexibility index (Phi) is 7.81. The van der Waals surface area contributed by atoms with Crippen LogP contribution in [0.4, 0.5) is 13.2 Å². The molecule has 140 valence electrons. The number of hydrogen-bond acceptors (Lipinski definition) is 3. The number of halogens is 5. The van der Waals surface area contributed by atoms with Crippen molar-refractivity contribution < 1.29 is 18.3 Å². The van der Waals surface area contributed by atoms with Crippen molar-refractivity contribution in [3.63, 3.8) is 0 Å². The van der Waals surface area contributed by atoms with Gasteiger partial charge in [-0.25, -0.2) is 0 Å². The highest BCUT2D eigenvalue weighted by molar-refractivity contribution is 5.91. The number of fused-ring (bicyclic) bond motifs is 1. The number of phenolic OH excluding ortho intramolecular Hbond substituents is 1. The Balaban J connectivity index is 0.00000156. The molecule has 0 spiro atoms. The van der Waals surface area contributed by atoms with Gasteiger partial charge in [-0.2, -0.15) is 13.2 Å². The second-order valence-electron chi connectivity index (χ2n) is 5.84. The van der Waals surface area contributed by atoms with Gasteiger partial charge in [-0.3, -0.25) is 4.90 Å². The minimum absolute atomic E-state index is 0. The average molecular weight is 397 g/mol. The zero-order chi connectivity index (χ0) is 16.4. The number of benzene rings is 2. The lowest BCUT2D eigenvalue weighted by Gasteiger charge is -2.36. The topological polar surface area (TPSA) is 35.5 Å². The average Bonchev–Trinajstić information content (AvgIpc) is 2.54. The van der Waals surface area contributed by atoms with Crippen LogP contribution < -0.4 is 5.32 Å². The maximum atomic E-state index is 13.1. The summed E-state index contributed by atoms with van der Waals surface area (Å²) >= 11 is 0. The number of nitrogens with zero attached hydrogens (tertiary/aromatic N) is 1. The molecule has 0 saturated carbocycles. The first-order valence-corrected chi connectivity index (χ1v) is 7.68. The third kappa shape index (κ3) is 5.14. The first-order valence-electron chi connectivity index (χ1n) is 7.68. The van der Waals surface area contributed by atoms with Crippen molar-refractivity contribution in [1.29, 1.82) is 0 Å². The van der Waals surface area contributed by atoms with E-state index in [0.717, 1.165) is 0 Å². The van der Waals surface area contributed by atoms with Gasteiger partial charge in [-0.15, -0.1) is 24.8 Å². The van der Waals surface area contributed by atoms with Crippen molar-refractivity contribution in [2.75, 3.05) is 26.2 Å². The van der Waals surface area contributed by atoms with Crippen LogP contribution in [-0.4, -0.2) is 42.4 Å². The van der Waals surface area contributed by atoms with E-state index in [2.05, 4.69) is 5.32 Å². The summed E-state index contributed by atoms with van der Waals surface area (Å²) in [6, 6.07) is 9.44. The van der Waals surface area contributed by atoms with Crippen LogP contribution in [0.3, 0.4) is 0 Å². The van der Waals surface area contributed by atoms with Crippen LogP contribution in [0.15, 0.2) is 36.4 Å². The van der Waals surface area contributed by atoms with Crippen LogP contribution in [0.5, 0.6) is 5.75 Å². The molecule has 25 heavy (non-hydrogen) atoms. The first-order chi connectivity index (χ1) is 11.0. The standard InChI is InChI=1S/C17H19F3N2O.2ClH/c18-17(19,20)11-15(22-9-7-21-8-10-22)13-5-6-16(23)14-4-2-1-3-12(13)14;;/h1-6,15,21,23H,7-11H2;2*1H/t15-;;/m1../s1. The van der Waals surface area contributed by atoms with Crippen LogP contribution in [0, 0.1) is 0 Å². The fourth-order valence-corrected chi connectivity index (χ4v) is 3.25. The molecular formula is C17H21Cl2F3N2O. The molecule has 1 saturated heterocycles. The molecule has 1 aliphatic rings. The lowest BCUT2D eigenvalue weighted by molar-refractivity contribution is -0.148. The van der Waals surface area contributed by atoms with Gasteiger partial charge in [0.15, 0.2) is 0 Å². The van der Waals surface area contributed by atoms with E-state index >= 15 is 0 Å². The quantitative estimate of drug-likeness (QED) is 0.812. The normalized spacial score (nSPS) is 16.8. The van der Waals surface area contributed by atoms with Crippen LogP contribution in [0.1, 0.15) is 18.0 Å². The summed E-state index contributed by atoms with van der Waals surface area (Å²) < 4.78 is 39.4. The maximum absolute atomic E-state index is 13.1. The molecule has 0 amide bonds. The summed E-state index contributed by atoms with van der Waals surface area (Å²) in [5.41, 5.74) is 0.623. The Morgan fingerprint density at radius 1 is 1.00 bits per heavy atom. The Hall–Kier alpha value is -1.21. The fourth-order valence-electron chi connectivity index (χ4n) is 3.25. The van der Waals surface area contributed by atoms with E-state index < -0.39 is 18.6 Å². The minimum atomic E-state index is -4.24. The molecule has 3 nitrogen and oxygen atoms in total. The Bertz CT molecular complexity index is 691. The fraction of sp³-hybridized carbons (Fsp3) is 0.412. The van der Waals surface area contributed by atoms with Crippen LogP contribution >= 0.6 is 24.8 Å². The molecule has 8 heteroatoms. The zero-order valence-electron chi connectivity index (χ0n) is 13.4. The van der Waals surface area contributed by atoms with E-state index in [4.69, 9.17) is 0 Å². The van der Waals surface area contributed by atoms with Gasteiger partial charge in [-0.1, -0.05) is 30.3 Å². The van der Waals surface area contributed by atoms with Gasteiger partial charge < -0.3 is 10.4 Å². The number of aromatic hydroxyl groups is 1. The molecule has 1 fully saturated rings. The van der Waals surface area contributed by atoms with Gasteiger partial charge in [-0.05, 0) is 17.0 Å². The minimum Gasteiger partial charge on any atom is -0.507 e. The number of alkyl halides is 3. The van der Waals surface area contributed by atoms with Gasteiger partial charge in [0, 0.05) is 37.6 Å². The molecule has 2 aromatic rings. The van der Waals surface area contributed by atoms with Gasteiger partial charge in [0.1, 0.15) is 5.75 Å². The molecule has 0 unspecified atom stereocenters. The van der Waals surface area contributed by atoms with Crippen molar-refractivity contribution in [3.05, 3.63) is 42.0 Å². The van der Waals surface area contributed by atoms with Gasteiger partial charge in [0.2, 0.25) is 0 Å². The Labute approximate surface area is 157 Å². The molecule has 0 aliphatic carbocycles. The van der Waals surface area contributed by atoms with Crippen molar-refractivity contribution >= 4 is 35.6 Å². The summed E-state index contributed by atoms with van der Waals surface area (Å²) in [5.74, 6) is 0.0930. The molecule has 0 bridgehead atoms. The number of hydrogen-bond donors (Lipinski definition) is 2. The third-order valence-corrected chi connectivity index (χ3v) is 4.31. The number of nitrogens with one attached hydrogen (secondary N) is 1. The van der Waals surface area contributed by atoms with Crippen molar-refractivity contribution in [2.24, 2.45) is 0 Å². The Morgan fingerprint density at radius 2 is 1.60 bits per heavy atom. The maximum Gasteiger partial charge on any atom is 0.390 e. The van der Waals surface area contributed by atoms with Crippen LogP contribution in [0.2, 0.25) is 0 Å². The molecule has 2 aromatic carbocycles. The molecular weight excluding hydrogens is 376 g/mol. The highest BCUT2D eigenvalue weighted by Gasteiger charge is 2.36. The van der Waals surface area contributed by atoms with E-state index in [9.17, 15) is 18.3 Å². The van der Waals surface area contributed by atoms with E-state index in [1.807, 2.05) is 4.90 Å². The predicted octanol–water partition coefficient (Wildman–Crippen LogP) is 4.29. The summed E-state index contributed by atoms with van der Waals surface area (Å²) in [7, 11) is 0. The summed E-state index contributed by atoms with van der Waals surface area (Å²) in [6.45, 7) is 2.53. The summed E-state index contributed by atoms with van der Waals surface area (Å²) in [6.07, 6.45) is -5.13. The number of piperazine rings is 1. The van der Waals surface area contributed by atoms with E-state index in [1.54, 1.807) is 30.3 Å². The second kappa shape index (κ2) is 8.94. The highest BCUT2D eigenvalue weighted by atomic mass is 35.5. The van der Waals surface area contributed by atoms with Crippen LogP contribution in [0.25, 0.3) is 10.8 Å². The number of rotatable bonds is 3. The molecule has 0 radical (unpaired) electrons. The van der Waals surface area contributed by atoms with Gasteiger partial charge in [0.05, 0.1) is 6.42 Å². The smallest absolute Gasteiger partial charge is 0.390 e. The SMILES string of the molecule is Cl.Cl.Oc1ccc([C@@H](CC(F)(F)F)N2CCNCC2)c2ccccc12. The molecule has 1 heterocycles.